The first kappa shape index (κ1) is 14.0. The second kappa shape index (κ2) is 5.73. The van der Waals surface area contributed by atoms with Gasteiger partial charge in [-0.1, -0.05) is 18.2 Å². The number of nitrogens with two attached hydrogens (primary N) is 1. The minimum atomic E-state index is -3.30. The molecule has 0 unspecified atom stereocenters. The molecule has 0 aliphatic carbocycles. The molecule has 1 heterocycles. The van der Waals surface area contributed by atoms with E-state index in [-0.39, 0.29) is 5.75 Å². The van der Waals surface area contributed by atoms with Crippen molar-refractivity contribution in [2.45, 2.75) is 12.3 Å². The quantitative estimate of drug-likeness (QED) is 0.861. The van der Waals surface area contributed by atoms with E-state index in [0.29, 0.717) is 12.2 Å². The van der Waals surface area contributed by atoms with Crippen LogP contribution in [-0.4, -0.2) is 19.8 Å². The van der Waals surface area contributed by atoms with Gasteiger partial charge in [-0.3, -0.25) is 0 Å². The monoisotopic (exact) mass is 296 g/mol. The standard InChI is InChI=1S/C13H16N2O2S2/c1-15(9-13-3-2-8-18-13)19(16,17)10-11-4-6-12(14)7-5-11/h2-8H,9-10,14H2,1H3. The van der Waals surface area contributed by atoms with Crippen LogP contribution in [0.25, 0.3) is 0 Å². The maximum absolute atomic E-state index is 12.2. The smallest absolute Gasteiger partial charge is 0.218 e. The molecule has 0 aliphatic rings. The van der Waals surface area contributed by atoms with Gasteiger partial charge in [0.05, 0.1) is 5.75 Å². The number of sulfonamides is 1. The summed E-state index contributed by atoms with van der Waals surface area (Å²) in [6, 6.07) is 10.8. The van der Waals surface area contributed by atoms with Gasteiger partial charge in [-0.25, -0.2) is 8.42 Å². The zero-order valence-corrected chi connectivity index (χ0v) is 12.2. The molecule has 1 aromatic carbocycles. The van der Waals surface area contributed by atoms with Crippen LogP contribution in [0.1, 0.15) is 10.4 Å². The van der Waals surface area contributed by atoms with Gasteiger partial charge in [0.15, 0.2) is 0 Å². The molecule has 0 bridgehead atoms. The highest BCUT2D eigenvalue weighted by atomic mass is 32.2. The maximum Gasteiger partial charge on any atom is 0.218 e. The van der Waals surface area contributed by atoms with Crippen molar-refractivity contribution in [1.82, 2.24) is 4.31 Å². The fourth-order valence-corrected chi connectivity index (χ4v) is 3.66. The lowest BCUT2D eigenvalue weighted by Crippen LogP contribution is -2.27. The third kappa shape index (κ3) is 3.79. The van der Waals surface area contributed by atoms with Gasteiger partial charge in [0, 0.05) is 24.2 Å². The van der Waals surface area contributed by atoms with Gasteiger partial charge in [0.25, 0.3) is 0 Å². The van der Waals surface area contributed by atoms with Crippen molar-refractivity contribution in [2.75, 3.05) is 12.8 Å². The van der Waals surface area contributed by atoms with Gasteiger partial charge >= 0.3 is 0 Å². The molecule has 2 N–H and O–H groups in total. The van der Waals surface area contributed by atoms with E-state index in [1.165, 1.54) is 4.31 Å². The molecule has 1 aromatic heterocycles. The van der Waals surface area contributed by atoms with Crippen LogP contribution in [0.2, 0.25) is 0 Å². The lowest BCUT2D eigenvalue weighted by Gasteiger charge is -2.16. The highest BCUT2D eigenvalue weighted by molar-refractivity contribution is 7.88. The summed E-state index contributed by atoms with van der Waals surface area (Å²) in [4.78, 5) is 1.03. The van der Waals surface area contributed by atoms with Crippen LogP contribution in [-0.2, 0) is 22.3 Å². The molecule has 102 valence electrons. The van der Waals surface area contributed by atoms with Crippen molar-refractivity contribution in [1.29, 1.82) is 0 Å². The lowest BCUT2D eigenvalue weighted by atomic mass is 10.2. The number of nitrogen functional groups attached to an aromatic ring is 1. The average molecular weight is 296 g/mol. The molecular weight excluding hydrogens is 280 g/mol. The number of nitrogens with zero attached hydrogens (tertiary/aromatic N) is 1. The Bertz CT molecular complexity index is 619. The molecule has 0 saturated carbocycles. The summed E-state index contributed by atoms with van der Waals surface area (Å²) < 4.78 is 25.8. The average Bonchev–Trinajstić information content (AvgIpc) is 2.84. The molecule has 0 amide bonds. The molecule has 0 saturated heterocycles. The van der Waals surface area contributed by atoms with Gasteiger partial charge in [-0.2, -0.15) is 4.31 Å². The van der Waals surface area contributed by atoms with E-state index in [1.54, 1.807) is 42.6 Å². The van der Waals surface area contributed by atoms with E-state index in [0.717, 1.165) is 10.4 Å². The number of benzene rings is 1. The van der Waals surface area contributed by atoms with E-state index < -0.39 is 10.0 Å². The second-order valence-corrected chi connectivity index (χ2v) is 7.44. The van der Waals surface area contributed by atoms with Crippen molar-refractivity contribution in [3.05, 3.63) is 52.2 Å². The highest BCUT2D eigenvalue weighted by Gasteiger charge is 2.18. The van der Waals surface area contributed by atoms with Crippen molar-refractivity contribution in [3.63, 3.8) is 0 Å². The van der Waals surface area contributed by atoms with Crippen molar-refractivity contribution >= 4 is 27.0 Å². The fourth-order valence-electron chi connectivity index (χ4n) is 1.66. The Labute approximate surface area is 117 Å². The molecule has 0 aliphatic heterocycles. The molecule has 0 atom stereocenters. The Balaban J connectivity index is 2.07. The Morgan fingerprint density at radius 1 is 1.21 bits per heavy atom. The zero-order chi connectivity index (χ0) is 13.9. The first-order chi connectivity index (χ1) is 8.97. The largest absolute Gasteiger partial charge is 0.399 e. The normalized spacial score (nSPS) is 11.9. The van der Waals surface area contributed by atoms with Crippen molar-refractivity contribution in [2.24, 2.45) is 0 Å². The number of hydrogen-bond acceptors (Lipinski definition) is 4. The van der Waals surface area contributed by atoms with Gasteiger partial charge in [0.2, 0.25) is 10.0 Å². The zero-order valence-electron chi connectivity index (χ0n) is 10.6. The van der Waals surface area contributed by atoms with Crippen LogP contribution in [0, 0.1) is 0 Å². The lowest BCUT2D eigenvalue weighted by molar-refractivity contribution is 0.469. The minimum Gasteiger partial charge on any atom is -0.399 e. The number of thiophene rings is 1. The Kier molecular flexibility index (Phi) is 4.24. The number of hydrogen-bond donors (Lipinski definition) is 1. The predicted octanol–water partition coefficient (Wildman–Crippen LogP) is 2.29. The van der Waals surface area contributed by atoms with Gasteiger partial charge in [-0.05, 0) is 29.1 Å². The topological polar surface area (TPSA) is 63.4 Å². The highest BCUT2D eigenvalue weighted by Crippen LogP contribution is 2.16. The van der Waals surface area contributed by atoms with E-state index in [9.17, 15) is 8.42 Å². The molecule has 2 rings (SSSR count). The maximum atomic E-state index is 12.2. The molecule has 19 heavy (non-hydrogen) atoms. The number of rotatable bonds is 5. The Morgan fingerprint density at radius 3 is 2.47 bits per heavy atom. The SMILES string of the molecule is CN(Cc1cccs1)S(=O)(=O)Cc1ccc(N)cc1. The molecule has 0 radical (unpaired) electrons. The summed E-state index contributed by atoms with van der Waals surface area (Å²) in [5.41, 5.74) is 6.96. The van der Waals surface area contributed by atoms with E-state index in [4.69, 9.17) is 5.73 Å². The number of anilines is 1. The molecule has 6 heteroatoms. The summed E-state index contributed by atoms with van der Waals surface area (Å²) in [6.45, 7) is 0.412. The summed E-state index contributed by atoms with van der Waals surface area (Å²) >= 11 is 1.55. The minimum absolute atomic E-state index is 0.00481. The summed E-state index contributed by atoms with van der Waals surface area (Å²) in [5.74, 6) is -0.00481. The van der Waals surface area contributed by atoms with Gasteiger partial charge in [-0.15, -0.1) is 11.3 Å². The van der Waals surface area contributed by atoms with E-state index >= 15 is 0 Å². The predicted molar refractivity (Wildman–Crippen MR) is 79.3 cm³/mol. The van der Waals surface area contributed by atoms with Crippen molar-refractivity contribution in [3.8, 4) is 0 Å². The first-order valence-electron chi connectivity index (χ1n) is 5.78. The Morgan fingerprint density at radius 2 is 1.89 bits per heavy atom. The van der Waals surface area contributed by atoms with E-state index in [1.807, 2.05) is 17.5 Å². The van der Waals surface area contributed by atoms with Crippen LogP contribution in [0.3, 0.4) is 0 Å². The van der Waals surface area contributed by atoms with E-state index in [2.05, 4.69) is 0 Å². The third-order valence-electron chi connectivity index (χ3n) is 2.76. The summed E-state index contributed by atoms with van der Waals surface area (Å²) in [6.07, 6.45) is 0. The van der Waals surface area contributed by atoms with Crippen LogP contribution < -0.4 is 5.73 Å². The van der Waals surface area contributed by atoms with Gasteiger partial charge in [0.1, 0.15) is 0 Å². The summed E-state index contributed by atoms with van der Waals surface area (Å²) in [5, 5.41) is 1.94. The van der Waals surface area contributed by atoms with Crippen molar-refractivity contribution < 1.29 is 8.42 Å². The molecule has 4 nitrogen and oxygen atoms in total. The van der Waals surface area contributed by atoms with Crippen LogP contribution in [0.5, 0.6) is 0 Å². The molecule has 0 fully saturated rings. The third-order valence-corrected chi connectivity index (χ3v) is 5.40. The first-order valence-corrected chi connectivity index (χ1v) is 8.27. The molecular formula is C13H16N2O2S2. The van der Waals surface area contributed by atoms with Crippen LogP contribution in [0.15, 0.2) is 41.8 Å². The Hall–Kier alpha value is -1.37. The molecule has 2 aromatic rings. The van der Waals surface area contributed by atoms with Crippen LogP contribution >= 0.6 is 11.3 Å². The molecule has 0 spiro atoms. The second-order valence-electron chi connectivity index (χ2n) is 4.33. The summed E-state index contributed by atoms with van der Waals surface area (Å²) in [7, 11) is -1.70. The fraction of sp³-hybridized carbons (Fsp3) is 0.231. The van der Waals surface area contributed by atoms with Crippen LogP contribution in [0.4, 0.5) is 5.69 Å². The van der Waals surface area contributed by atoms with Gasteiger partial charge < -0.3 is 5.73 Å².